The van der Waals surface area contributed by atoms with Crippen molar-refractivity contribution >= 4 is 22.2 Å². The maximum atomic E-state index is 13.0. The molecule has 33 heavy (non-hydrogen) atoms. The number of fused-ring (bicyclic) bond motifs is 1. The highest BCUT2D eigenvalue weighted by atomic mass is 32.1. The first kappa shape index (κ1) is 23.3. The van der Waals surface area contributed by atoms with Crippen LogP contribution in [-0.2, 0) is 24.4 Å². The van der Waals surface area contributed by atoms with E-state index in [9.17, 15) is 4.79 Å². The lowest BCUT2D eigenvalue weighted by atomic mass is 10.1. The summed E-state index contributed by atoms with van der Waals surface area (Å²) in [6.45, 7) is 6.51. The molecule has 0 bridgehead atoms. The molecular formula is C24H30N6O2S. The molecule has 0 aliphatic rings. The van der Waals surface area contributed by atoms with E-state index in [1.807, 2.05) is 23.7 Å². The second-order valence-corrected chi connectivity index (χ2v) is 9.29. The summed E-state index contributed by atoms with van der Waals surface area (Å²) < 4.78 is 7.06. The van der Waals surface area contributed by atoms with Crippen LogP contribution in [-0.4, -0.2) is 43.8 Å². The fourth-order valence-corrected chi connectivity index (χ4v) is 4.84. The number of ether oxygens (including phenoxy) is 1. The summed E-state index contributed by atoms with van der Waals surface area (Å²) >= 11 is 1.71. The number of methoxy groups -OCH3 is 1. The summed E-state index contributed by atoms with van der Waals surface area (Å²) in [6.07, 6.45) is 1.85. The van der Waals surface area contributed by atoms with E-state index in [1.165, 1.54) is 4.88 Å². The number of hydrogen-bond acceptors (Lipinski definition) is 7. The van der Waals surface area contributed by atoms with E-state index in [-0.39, 0.29) is 11.6 Å². The molecule has 0 spiro atoms. The highest BCUT2D eigenvalue weighted by molar-refractivity contribution is 7.09. The van der Waals surface area contributed by atoms with Crippen LogP contribution in [0.15, 0.2) is 46.6 Å². The van der Waals surface area contributed by atoms with Crippen LogP contribution in [0, 0.1) is 6.92 Å². The quantitative estimate of drug-likeness (QED) is 0.358. The van der Waals surface area contributed by atoms with E-state index >= 15 is 0 Å². The number of aromatic nitrogens is 5. The van der Waals surface area contributed by atoms with Crippen LogP contribution >= 0.6 is 11.3 Å². The highest BCUT2D eigenvalue weighted by Gasteiger charge is 2.27. The number of rotatable bonds is 11. The van der Waals surface area contributed by atoms with Crippen LogP contribution in [0.3, 0.4) is 0 Å². The smallest absolute Gasteiger partial charge is 0.252 e. The Kier molecular flexibility index (Phi) is 7.64. The van der Waals surface area contributed by atoms with Gasteiger partial charge >= 0.3 is 0 Å². The minimum Gasteiger partial charge on any atom is -0.383 e. The number of hydrogen-bond donors (Lipinski definition) is 1. The van der Waals surface area contributed by atoms with Crippen molar-refractivity contribution in [3.63, 3.8) is 0 Å². The van der Waals surface area contributed by atoms with E-state index in [4.69, 9.17) is 4.74 Å². The van der Waals surface area contributed by atoms with Gasteiger partial charge in [-0.2, -0.15) is 0 Å². The van der Waals surface area contributed by atoms with Crippen molar-refractivity contribution in [1.82, 2.24) is 30.1 Å². The minimum atomic E-state index is -0.0569. The molecule has 1 aromatic carbocycles. The second-order valence-electron chi connectivity index (χ2n) is 8.26. The van der Waals surface area contributed by atoms with Crippen molar-refractivity contribution in [3.8, 4) is 0 Å². The Balaban J connectivity index is 1.72. The normalized spacial score (nSPS) is 12.6. The van der Waals surface area contributed by atoms with E-state index in [0.29, 0.717) is 26.2 Å². The number of benzene rings is 1. The fourth-order valence-electron chi connectivity index (χ4n) is 4.11. The number of thiophene rings is 1. The van der Waals surface area contributed by atoms with Crippen LogP contribution in [0.2, 0.25) is 0 Å². The first-order valence-corrected chi connectivity index (χ1v) is 12.1. The number of tetrazole rings is 1. The van der Waals surface area contributed by atoms with Gasteiger partial charge in [0.25, 0.3) is 5.56 Å². The van der Waals surface area contributed by atoms with Gasteiger partial charge in [0, 0.05) is 36.2 Å². The third-order valence-corrected chi connectivity index (χ3v) is 6.62. The summed E-state index contributed by atoms with van der Waals surface area (Å²) in [6, 6.07) is 12.3. The molecule has 0 aliphatic heterocycles. The Morgan fingerprint density at radius 3 is 2.88 bits per heavy atom. The van der Waals surface area contributed by atoms with Crippen molar-refractivity contribution in [1.29, 1.82) is 0 Å². The zero-order chi connectivity index (χ0) is 23.2. The average molecular weight is 467 g/mol. The van der Waals surface area contributed by atoms with E-state index in [0.717, 1.165) is 40.7 Å². The molecule has 1 N–H and O–H groups in total. The second kappa shape index (κ2) is 10.8. The van der Waals surface area contributed by atoms with Gasteiger partial charge < -0.3 is 9.72 Å². The average Bonchev–Trinajstić information content (AvgIpc) is 3.48. The lowest BCUT2D eigenvalue weighted by Crippen LogP contribution is -2.32. The van der Waals surface area contributed by atoms with Crippen molar-refractivity contribution in [3.05, 3.63) is 74.0 Å². The number of aromatic amines is 1. The number of nitrogens with zero attached hydrogens (tertiary/aromatic N) is 5. The van der Waals surface area contributed by atoms with Crippen molar-refractivity contribution < 1.29 is 4.74 Å². The van der Waals surface area contributed by atoms with Gasteiger partial charge in [-0.05, 0) is 58.3 Å². The molecule has 0 amide bonds. The molecule has 0 aliphatic carbocycles. The third-order valence-electron chi connectivity index (χ3n) is 5.76. The standard InChI is InChI=1S/C24H30N6O2S/c1-4-6-22(23-26-27-28-30(23)10-11-32-3)29(16-20-7-5-12-33-20)15-19-14-18-9-8-17(2)13-21(18)25-24(19)31/h5,7-9,12-14,22H,4,6,10-11,15-16H2,1-3H3,(H,25,31). The fraction of sp³-hybridized carbons (Fsp3) is 0.417. The summed E-state index contributed by atoms with van der Waals surface area (Å²) in [4.78, 5) is 19.6. The number of nitrogens with one attached hydrogen (secondary N) is 1. The van der Waals surface area contributed by atoms with Crippen LogP contribution in [0.25, 0.3) is 10.9 Å². The monoisotopic (exact) mass is 466 g/mol. The number of aryl methyl sites for hydroxylation is 1. The topological polar surface area (TPSA) is 88.9 Å². The van der Waals surface area contributed by atoms with Crippen LogP contribution in [0.4, 0.5) is 0 Å². The molecule has 4 rings (SSSR count). The Morgan fingerprint density at radius 1 is 1.24 bits per heavy atom. The van der Waals surface area contributed by atoms with E-state index in [1.54, 1.807) is 18.4 Å². The van der Waals surface area contributed by atoms with Gasteiger partial charge in [0.1, 0.15) is 0 Å². The molecule has 0 saturated heterocycles. The van der Waals surface area contributed by atoms with Gasteiger partial charge in [0.05, 0.1) is 19.2 Å². The molecule has 0 fully saturated rings. The van der Waals surface area contributed by atoms with Gasteiger partial charge in [-0.15, -0.1) is 16.4 Å². The predicted molar refractivity (Wildman–Crippen MR) is 130 cm³/mol. The Labute approximate surface area is 197 Å². The zero-order valence-corrected chi connectivity index (χ0v) is 20.1. The maximum Gasteiger partial charge on any atom is 0.252 e. The minimum absolute atomic E-state index is 0.0305. The first-order valence-electron chi connectivity index (χ1n) is 11.2. The Morgan fingerprint density at radius 2 is 2.12 bits per heavy atom. The molecule has 8 nitrogen and oxygen atoms in total. The van der Waals surface area contributed by atoms with Gasteiger partial charge in [0.2, 0.25) is 0 Å². The maximum absolute atomic E-state index is 13.0. The molecular weight excluding hydrogens is 436 g/mol. The lowest BCUT2D eigenvalue weighted by molar-refractivity contribution is 0.148. The summed E-state index contributed by atoms with van der Waals surface area (Å²) in [5.74, 6) is 0.804. The highest BCUT2D eigenvalue weighted by Crippen LogP contribution is 2.29. The van der Waals surface area contributed by atoms with Crippen molar-refractivity contribution in [2.24, 2.45) is 0 Å². The van der Waals surface area contributed by atoms with Crippen molar-refractivity contribution in [2.45, 2.75) is 52.4 Å². The molecule has 174 valence electrons. The van der Waals surface area contributed by atoms with Gasteiger partial charge in [-0.1, -0.05) is 31.5 Å². The zero-order valence-electron chi connectivity index (χ0n) is 19.3. The summed E-state index contributed by atoms with van der Waals surface area (Å²) in [5.41, 5.74) is 2.66. The molecule has 0 radical (unpaired) electrons. The summed E-state index contributed by atoms with van der Waals surface area (Å²) in [5, 5.41) is 15.6. The summed E-state index contributed by atoms with van der Waals surface area (Å²) in [7, 11) is 1.67. The number of pyridine rings is 1. The van der Waals surface area contributed by atoms with E-state index < -0.39 is 0 Å². The molecule has 3 heterocycles. The van der Waals surface area contributed by atoms with Crippen LogP contribution < -0.4 is 5.56 Å². The predicted octanol–water partition coefficient (Wildman–Crippen LogP) is 4.07. The first-order chi connectivity index (χ1) is 16.1. The molecule has 1 unspecified atom stereocenters. The Hall–Kier alpha value is -2.88. The van der Waals surface area contributed by atoms with Crippen molar-refractivity contribution in [2.75, 3.05) is 13.7 Å². The van der Waals surface area contributed by atoms with Crippen LogP contribution in [0.1, 0.15) is 47.6 Å². The lowest BCUT2D eigenvalue weighted by Gasteiger charge is -2.30. The molecule has 9 heteroatoms. The van der Waals surface area contributed by atoms with Gasteiger partial charge in [-0.25, -0.2) is 4.68 Å². The van der Waals surface area contributed by atoms with Crippen LogP contribution in [0.5, 0.6) is 0 Å². The Bertz CT molecular complexity index is 1230. The van der Waals surface area contributed by atoms with E-state index in [2.05, 4.69) is 62.0 Å². The number of H-pyrrole nitrogens is 1. The third kappa shape index (κ3) is 5.55. The van der Waals surface area contributed by atoms with Gasteiger partial charge in [-0.3, -0.25) is 9.69 Å². The molecule has 0 saturated carbocycles. The molecule has 1 atom stereocenters. The molecule has 3 aromatic heterocycles. The largest absolute Gasteiger partial charge is 0.383 e. The van der Waals surface area contributed by atoms with Gasteiger partial charge in [0.15, 0.2) is 5.82 Å². The SMILES string of the molecule is CCCC(c1nnnn1CCOC)N(Cc1cccs1)Cc1cc2ccc(C)cc2[nH]c1=O. The molecule has 4 aromatic rings.